The molecule has 9 heavy (non-hydrogen) atoms. The summed E-state index contributed by atoms with van der Waals surface area (Å²) in [6.07, 6.45) is 2.23. The van der Waals surface area contributed by atoms with E-state index in [0.29, 0.717) is 6.04 Å². The van der Waals surface area contributed by atoms with E-state index in [0.717, 1.165) is 24.3 Å². The van der Waals surface area contributed by atoms with Gasteiger partial charge < -0.3 is 5.32 Å². The van der Waals surface area contributed by atoms with Gasteiger partial charge in [0.25, 0.3) is 0 Å². The molecule has 0 saturated carbocycles. The molecule has 2 nitrogen and oxygen atoms in total. The average molecular weight is 146 g/mol. The van der Waals surface area contributed by atoms with Crippen LogP contribution in [-0.4, -0.2) is 28.8 Å². The standard InChI is InChI=1S/C6H12NOS/c1-7-6-3-2-4-9(8)5-6/h6H,2-5H2,1H3/q-1. The molecule has 54 valence electrons. The number of rotatable bonds is 1. The maximum atomic E-state index is 10.9. The van der Waals surface area contributed by atoms with Gasteiger partial charge in [-0.15, -0.1) is 6.04 Å². The van der Waals surface area contributed by atoms with E-state index in [1.165, 1.54) is 0 Å². The van der Waals surface area contributed by atoms with Crippen LogP contribution in [0, 0.1) is 0 Å². The van der Waals surface area contributed by atoms with E-state index in [-0.39, 0.29) is 0 Å². The van der Waals surface area contributed by atoms with Crippen molar-refractivity contribution in [1.29, 1.82) is 0 Å². The van der Waals surface area contributed by atoms with Crippen LogP contribution in [0.25, 0.3) is 5.32 Å². The zero-order valence-corrected chi connectivity index (χ0v) is 6.49. The van der Waals surface area contributed by atoms with E-state index < -0.39 is 10.8 Å². The van der Waals surface area contributed by atoms with Gasteiger partial charge in [0.2, 0.25) is 0 Å². The van der Waals surface area contributed by atoms with Crippen LogP contribution in [0.1, 0.15) is 12.8 Å². The molecule has 0 spiro atoms. The first-order valence-corrected chi connectivity index (χ1v) is 4.75. The molecule has 2 atom stereocenters. The van der Waals surface area contributed by atoms with Gasteiger partial charge in [-0.1, -0.05) is 6.42 Å². The second-order valence-electron chi connectivity index (χ2n) is 2.36. The van der Waals surface area contributed by atoms with Gasteiger partial charge in [-0.25, -0.2) is 0 Å². The first kappa shape index (κ1) is 7.22. The second kappa shape index (κ2) is 3.32. The molecule has 0 aromatic rings. The first-order valence-electron chi connectivity index (χ1n) is 3.27. The monoisotopic (exact) mass is 146 g/mol. The van der Waals surface area contributed by atoms with Crippen LogP contribution in [0.2, 0.25) is 0 Å². The molecule has 1 rings (SSSR count). The van der Waals surface area contributed by atoms with Crippen LogP contribution in [0.15, 0.2) is 0 Å². The van der Waals surface area contributed by atoms with E-state index >= 15 is 0 Å². The van der Waals surface area contributed by atoms with Gasteiger partial charge in [0.05, 0.1) is 0 Å². The molecule has 2 unspecified atom stereocenters. The SMILES string of the molecule is C[N-]C1CCCS(=O)C1. The number of hydrogen-bond acceptors (Lipinski definition) is 1. The molecule has 0 bridgehead atoms. The summed E-state index contributed by atoms with van der Waals surface area (Å²) in [5.41, 5.74) is 0. The van der Waals surface area contributed by atoms with Crippen molar-refractivity contribution >= 4 is 10.8 Å². The fourth-order valence-corrected chi connectivity index (χ4v) is 2.47. The Kier molecular flexibility index (Phi) is 2.66. The van der Waals surface area contributed by atoms with Gasteiger partial charge in [0, 0.05) is 22.3 Å². The topological polar surface area (TPSA) is 31.2 Å². The highest BCUT2D eigenvalue weighted by molar-refractivity contribution is 7.85. The van der Waals surface area contributed by atoms with Crippen molar-refractivity contribution in [2.24, 2.45) is 0 Å². The third-order valence-electron chi connectivity index (χ3n) is 1.65. The lowest BCUT2D eigenvalue weighted by Crippen LogP contribution is -2.23. The third kappa shape index (κ3) is 2.06. The molecule has 0 aromatic heterocycles. The van der Waals surface area contributed by atoms with Crippen LogP contribution in [0.4, 0.5) is 0 Å². The lowest BCUT2D eigenvalue weighted by atomic mass is 10.2. The van der Waals surface area contributed by atoms with E-state index in [2.05, 4.69) is 5.32 Å². The van der Waals surface area contributed by atoms with Crippen LogP contribution >= 0.6 is 0 Å². The molecule has 0 radical (unpaired) electrons. The van der Waals surface area contributed by atoms with E-state index in [9.17, 15) is 4.21 Å². The largest absolute Gasteiger partial charge is 0.662 e. The van der Waals surface area contributed by atoms with E-state index in [4.69, 9.17) is 0 Å². The molecule has 1 aliphatic heterocycles. The summed E-state index contributed by atoms with van der Waals surface area (Å²) >= 11 is 0. The van der Waals surface area contributed by atoms with Crippen molar-refractivity contribution in [1.82, 2.24) is 0 Å². The van der Waals surface area contributed by atoms with Gasteiger partial charge in [-0.2, -0.15) is 7.05 Å². The van der Waals surface area contributed by atoms with Gasteiger partial charge in [-0.3, -0.25) is 4.21 Å². The summed E-state index contributed by atoms with van der Waals surface area (Å²) in [5.74, 6) is 1.70. The van der Waals surface area contributed by atoms with Crippen molar-refractivity contribution in [3.63, 3.8) is 0 Å². The molecular formula is C6H12NOS-. The smallest absolute Gasteiger partial charge is 0.0233 e. The first-order chi connectivity index (χ1) is 4.33. The Morgan fingerprint density at radius 1 is 1.67 bits per heavy atom. The summed E-state index contributed by atoms with van der Waals surface area (Å²) in [6, 6.07) is 0.389. The molecule has 0 N–H and O–H groups in total. The molecule has 1 aliphatic rings. The molecular weight excluding hydrogens is 134 g/mol. The Hall–Kier alpha value is 0.110. The second-order valence-corrected chi connectivity index (χ2v) is 3.99. The minimum Gasteiger partial charge on any atom is -0.662 e. The van der Waals surface area contributed by atoms with Gasteiger partial charge in [-0.05, 0) is 6.42 Å². The van der Waals surface area contributed by atoms with Crippen molar-refractivity contribution in [2.45, 2.75) is 18.9 Å². The highest BCUT2D eigenvalue weighted by atomic mass is 32.2. The highest BCUT2D eigenvalue weighted by Gasteiger charge is 2.09. The fourth-order valence-electron chi connectivity index (χ4n) is 1.06. The molecule has 1 heterocycles. The van der Waals surface area contributed by atoms with Gasteiger partial charge in [0.15, 0.2) is 0 Å². The van der Waals surface area contributed by atoms with Crippen molar-refractivity contribution in [3.05, 3.63) is 5.32 Å². The quantitative estimate of drug-likeness (QED) is 0.540. The molecule has 0 aromatic carbocycles. The summed E-state index contributed by atoms with van der Waals surface area (Å²) in [6.45, 7) is 0. The Balaban J connectivity index is 2.32. The lowest BCUT2D eigenvalue weighted by molar-refractivity contribution is 0.639. The van der Waals surface area contributed by atoms with Crippen molar-refractivity contribution < 1.29 is 4.21 Å². The molecule has 1 saturated heterocycles. The summed E-state index contributed by atoms with van der Waals surface area (Å²) in [7, 11) is 1.25. The Morgan fingerprint density at radius 3 is 2.89 bits per heavy atom. The maximum Gasteiger partial charge on any atom is 0.0233 e. The van der Waals surface area contributed by atoms with Crippen LogP contribution < -0.4 is 0 Å². The normalized spacial score (nSPS) is 36.6. The zero-order chi connectivity index (χ0) is 6.69. The number of nitrogens with zero attached hydrogens (tertiary/aromatic N) is 1. The van der Waals surface area contributed by atoms with E-state index in [1.54, 1.807) is 0 Å². The molecule has 0 aliphatic carbocycles. The summed E-state index contributed by atoms with van der Waals surface area (Å²) in [5, 5.41) is 4.10. The van der Waals surface area contributed by atoms with Crippen LogP contribution in [0.3, 0.4) is 0 Å². The van der Waals surface area contributed by atoms with Crippen LogP contribution in [-0.2, 0) is 10.8 Å². The Labute approximate surface area is 58.5 Å². The zero-order valence-electron chi connectivity index (χ0n) is 5.67. The highest BCUT2D eigenvalue weighted by Crippen LogP contribution is 2.13. The molecule has 1 fully saturated rings. The number of hydrogen-bond donors (Lipinski definition) is 0. The van der Waals surface area contributed by atoms with Gasteiger partial charge in [0.1, 0.15) is 0 Å². The van der Waals surface area contributed by atoms with Crippen molar-refractivity contribution in [3.8, 4) is 0 Å². The molecule has 3 heteroatoms. The third-order valence-corrected chi connectivity index (χ3v) is 3.15. The van der Waals surface area contributed by atoms with E-state index in [1.807, 2.05) is 7.05 Å². The predicted octanol–water partition coefficient (Wildman–Crippen LogP) is 0.901. The Morgan fingerprint density at radius 2 is 2.44 bits per heavy atom. The fraction of sp³-hybridized carbons (Fsp3) is 1.00. The maximum absolute atomic E-state index is 10.9. The molecule has 0 amide bonds. The summed E-state index contributed by atoms with van der Waals surface area (Å²) in [4.78, 5) is 0. The summed E-state index contributed by atoms with van der Waals surface area (Å²) < 4.78 is 10.9. The lowest BCUT2D eigenvalue weighted by Gasteiger charge is -2.30. The minimum atomic E-state index is -0.564. The van der Waals surface area contributed by atoms with Gasteiger partial charge >= 0.3 is 0 Å². The van der Waals surface area contributed by atoms with Crippen LogP contribution in [0.5, 0.6) is 0 Å². The Bertz CT molecular complexity index is 116. The predicted molar refractivity (Wildman–Crippen MR) is 40.2 cm³/mol. The van der Waals surface area contributed by atoms with Crippen molar-refractivity contribution in [2.75, 3.05) is 18.6 Å². The average Bonchev–Trinajstić information content (AvgIpc) is 1.88. The minimum absolute atomic E-state index is 0.389.